The van der Waals surface area contributed by atoms with Gasteiger partial charge in [0.25, 0.3) is 0 Å². The second kappa shape index (κ2) is 10.9. The zero-order valence-corrected chi connectivity index (χ0v) is 20.0. The molecule has 0 saturated carbocycles. The van der Waals surface area contributed by atoms with Crippen molar-refractivity contribution >= 4 is 12.2 Å². The number of nitrogens with zero attached hydrogens (tertiary/aromatic N) is 1. The molecule has 0 aliphatic rings. The number of hydrogen-bond donors (Lipinski definition) is 0. The summed E-state index contributed by atoms with van der Waals surface area (Å²) in [6.45, 7) is 2.68. The van der Waals surface area contributed by atoms with Crippen LogP contribution < -0.4 is 33.3 Å². The van der Waals surface area contributed by atoms with Gasteiger partial charge in [-0.15, -0.1) is 0 Å². The fraction of sp³-hybridized carbons (Fsp3) is 0.107. The summed E-state index contributed by atoms with van der Waals surface area (Å²) >= 11 is 0. The first-order valence-corrected chi connectivity index (χ1v) is 10.3. The number of aromatic nitrogens is 1. The van der Waals surface area contributed by atoms with E-state index in [1.54, 1.807) is 0 Å². The van der Waals surface area contributed by atoms with Gasteiger partial charge in [-0.05, 0) is 54.5 Å². The van der Waals surface area contributed by atoms with Crippen molar-refractivity contribution in [1.82, 2.24) is 0 Å². The first kappa shape index (κ1) is 22.8. The lowest BCUT2D eigenvalue weighted by Crippen LogP contribution is -3.00. The van der Waals surface area contributed by atoms with Crippen molar-refractivity contribution in [2.24, 2.45) is 7.05 Å². The number of hydrogen-bond acceptors (Lipinski definition) is 1. The Morgan fingerprint density at radius 2 is 1.35 bits per heavy atom. The molecule has 0 atom stereocenters. The molecule has 0 fully saturated rings. The highest BCUT2D eigenvalue weighted by Gasteiger charge is 2.17. The predicted molar refractivity (Wildman–Crippen MR) is 125 cm³/mol. The minimum Gasteiger partial charge on any atom is -1.00 e. The largest absolute Gasteiger partial charge is 1.00 e. The summed E-state index contributed by atoms with van der Waals surface area (Å²) in [6, 6.07) is 31.5. The Bertz CT molecular complexity index is 1140. The van der Waals surface area contributed by atoms with E-state index in [0.29, 0.717) is 6.61 Å². The van der Waals surface area contributed by atoms with Crippen LogP contribution in [0, 0.1) is 0 Å². The van der Waals surface area contributed by atoms with Crippen LogP contribution in [0.5, 0.6) is 5.75 Å². The van der Waals surface area contributed by atoms with Gasteiger partial charge in [0.2, 0.25) is 5.69 Å². The lowest BCUT2D eigenvalue weighted by atomic mass is 9.99. The van der Waals surface area contributed by atoms with Crippen molar-refractivity contribution in [3.63, 3.8) is 0 Å². The smallest absolute Gasteiger partial charge is 0.219 e. The van der Waals surface area contributed by atoms with E-state index < -0.39 is 0 Å². The summed E-state index contributed by atoms with van der Waals surface area (Å²) in [5.74, 6) is 0.900. The summed E-state index contributed by atoms with van der Waals surface area (Å²) in [5.41, 5.74) is 7.13. The Labute approximate surface area is 201 Å². The zero-order chi connectivity index (χ0) is 20.8. The average molecular weight is 519 g/mol. The molecule has 3 heteroatoms. The van der Waals surface area contributed by atoms with Crippen LogP contribution >= 0.6 is 0 Å². The molecule has 156 valence electrons. The monoisotopic (exact) mass is 519 g/mol. The topological polar surface area (TPSA) is 13.1 Å². The molecular weight excluding hydrogens is 493 g/mol. The van der Waals surface area contributed by atoms with Crippen LogP contribution in [0.1, 0.15) is 18.1 Å². The fourth-order valence-electron chi connectivity index (χ4n) is 3.66. The molecule has 0 unspecified atom stereocenters. The third kappa shape index (κ3) is 5.61. The van der Waals surface area contributed by atoms with Gasteiger partial charge in [-0.25, -0.2) is 0 Å². The third-order valence-electron chi connectivity index (χ3n) is 5.07. The van der Waals surface area contributed by atoms with E-state index >= 15 is 0 Å². The van der Waals surface area contributed by atoms with Gasteiger partial charge in [-0.1, -0.05) is 66.7 Å². The van der Waals surface area contributed by atoms with Crippen LogP contribution in [0.4, 0.5) is 0 Å². The molecule has 3 aromatic carbocycles. The molecule has 0 spiro atoms. The molecule has 31 heavy (non-hydrogen) atoms. The maximum absolute atomic E-state index is 5.55. The van der Waals surface area contributed by atoms with Gasteiger partial charge in [-0.2, -0.15) is 4.57 Å². The standard InChI is InChI=1S/C28H26NO.HI/c1-3-30-27-18-15-22(16-19-27)14-17-25-20-26(23-10-6-4-7-11-23)21-29(2)28(25)24-12-8-5-9-13-24;/h4-21H,3H2,1-2H3;1H/q+1;/p-1/b17-14+;. The Kier molecular flexibility index (Phi) is 8.01. The van der Waals surface area contributed by atoms with Crippen LogP contribution in [-0.2, 0) is 7.05 Å². The molecule has 1 aromatic heterocycles. The van der Waals surface area contributed by atoms with Crippen molar-refractivity contribution in [1.29, 1.82) is 0 Å². The van der Waals surface area contributed by atoms with Crippen molar-refractivity contribution in [2.75, 3.05) is 6.61 Å². The second-order valence-electron chi connectivity index (χ2n) is 7.21. The summed E-state index contributed by atoms with van der Waals surface area (Å²) in [4.78, 5) is 0. The van der Waals surface area contributed by atoms with Gasteiger partial charge in [0.1, 0.15) is 12.8 Å². The SMILES string of the molecule is CCOc1ccc(/C=C/c2cc(-c3ccccc3)c[n+](C)c2-c2ccccc2)cc1.[I-]. The highest BCUT2D eigenvalue weighted by Crippen LogP contribution is 2.27. The molecule has 0 aliphatic heterocycles. The minimum atomic E-state index is 0. The highest BCUT2D eigenvalue weighted by atomic mass is 127. The fourth-order valence-corrected chi connectivity index (χ4v) is 3.66. The van der Waals surface area contributed by atoms with Crippen LogP contribution in [0.25, 0.3) is 34.5 Å². The quantitative estimate of drug-likeness (QED) is 0.281. The molecular formula is C28H26INO. The number of benzene rings is 3. The van der Waals surface area contributed by atoms with E-state index in [2.05, 4.69) is 109 Å². The lowest BCUT2D eigenvalue weighted by molar-refractivity contribution is -0.660. The van der Waals surface area contributed by atoms with Crippen molar-refractivity contribution in [3.05, 3.63) is 108 Å². The lowest BCUT2D eigenvalue weighted by Gasteiger charge is -2.08. The number of aryl methyl sites for hydroxylation is 1. The Morgan fingerprint density at radius 1 is 0.742 bits per heavy atom. The number of rotatable bonds is 6. The Balaban J connectivity index is 0.00000272. The molecule has 0 radical (unpaired) electrons. The first-order chi connectivity index (χ1) is 14.7. The highest BCUT2D eigenvalue weighted by molar-refractivity contribution is 5.80. The van der Waals surface area contributed by atoms with Crippen LogP contribution in [0.15, 0.2) is 97.2 Å². The number of halogens is 1. The van der Waals surface area contributed by atoms with Gasteiger partial charge < -0.3 is 28.7 Å². The van der Waals surface area contributed by atoms with Crippen LogP contribution in [0.3, 0.4) is 0 Å². The zero-order valence-electron chi connectivity index (χ0n) is 17.8. The molecule has 2 nitrogen and oxygen atoms in total. The Hall–Kier alpha value is -2.92. The average Bonchev–Trinajstić information content (AvgIpc) is 2.79. The molecule has 0 bridgehead atoms. The van der Waals surface area contributed by atoms with Gasteiger partial charge in [0.15, 0.2) is 6.20 Å². The van der Waals surface area contributed by atoms with Gasteiger partial charge in [0.05, 0.1) is 6.61 Å². The van der Waals surface area contributed by atoms with Gasteiger partial charge in [0, 0.05) is 16.7 Å². The maximum atomic E-state index is 5.55. The van der Waals surface area contributed by atoms with E-state index in [9.17, 15) is 0 Å². The van der Waals surface area contributed by atoms with Crippen LogP contribution in [0.2, 0.25) is 0 Å². The normalized spacial score (nSPS) is 10.6. The van der Waals surface area contributed by atoms with E-state index in [4.69, 9.17) is 4.74 Å². The summed E-state index contributed by atoms with van der Waals surface area (Å²) < 4.78 is 7.77. The number of ether oxygens (including phenoxy) is 1. The Morgan fingerprint density at radius 3 is 1.97 bits per heavy atom. The molecule has 0 aliphatic carbocycles. The first-order valence-electron chi connectivity index (χ1n) is 10.3. The van der Waals surface area contributed by atoms with E-state index in [0.717, 1.165) is 11.3 Å². The summed E-state index contributed by atoms with van der Waals surface area (Å²) in [7, 11) is 2.11. The predicted octanol–water partition coefficient (Wildman–Crippen LogP) is 3.42. The van der Waals surface area contributed by atoms with Crippen LogP contribution in [-0.4, -0.2) is 6.61 Å². The molecule has 0 saturated heterocycles. The van der Waals surface area contributed by atoms with Gasteiger partial charge in [-0.3, -0.25) is 0 Å². The maximum Gasteiger partial charge on any atom is 0.219 e. The van der Waals surface area contributed by atoms with E-state index in [1.807, 2.05) is 19.1 Å². The summed E-state index contributed by atoms with van der Waals surface area (Å²) in [6.07, 6.45) is 6.56. The number of pyridine rings is 1. The van der Waals surface area contributed by atoms with E-state index in [1.165, 1.54) is 27.9 Å². The summed E-state index contributed by atoms with van der Waals surface area (Å²) in [5, 5.41) is 0. The van der Waals surface area contributed by atoms with Crippen molar-refractivity contribution in [2.45, 2.75) is 6.92 Å². The van der Waals surface area contributed by atoms with Crippen molar-refractivity contribution < 1.29 is 33.3 Å². The third-order valence-corrected chi connectivity index (χ3v) is 5.07. The molecule has 0 amide bonds. The molecule has 0 N–H and O–H groups in total. The molecule has 4 rings (SSSR count). The minimum absolute atomic E-state index is 0. The van der Waals surface area contributed by atoms with E-state index in [-0.39, 0.29) is 24.0 Å². The van der Waals surface area contributed by atoms with Crippen molar-refractivity contribution in [3.8, 4) is 28.1 Å². The molecule has 4 aromatic rings. The molecule has 1 heterocycles. The second-order valence-corrected chi connectivity index (χ2v) is 7.21. The van der Waals surface area contributed by atoms with Gasteiger partial charge >= 0.3 is 0 Å².